The monoisotopic (exact) mass is 596 g/mol. The number of fused-ring (bicyclic) bond motifs is 1. The number of carbonyl (C=O) groups excluding carboxylic acids is 1. The summed E-state index contributed by atoms with van der Waals surface area (Å²) in [7, 11) is 1.47. The molecule has 4 atom stereocenters. The summed E-state index contributed by atoms with van der Waals surface area (Å²) in [4.78, 5) is 21.8. The standard InChI is InChI=1S/C32H41FN4O4S/c1-19(2)12-22-14-24-27(16-32(8-5-9-32)41-30(24)36-17-22)35-18-28(38)26(37-29(39)20(3)40-4)15-21-6-7-25(33)23(13-21)31-34-10-11-42-31/h6-7,10-11,13-14,17,19-20,26-28,35,38H,5,8-9,12,15-16,18H2,1-4H3,(H,37,39)/t20-,26+,27+,28+/m1/s1. The second-order valence-electron chi connectivity index (χ2n) is 12.1. The minimum atomic E-state index is -0.929. The zero-order chi connectivity index (χ0) is 29.9. The third-order valence-corrected chi connectivity index (χ3v) is 9.15. The number of benzene rings is 1. The van der Waals surface area contributed by atoms with Crippen LogP contribution in [0.1, 0.15) is 69.2 Å². The number of pyridine rings is 1. The SMILES string of the molecule is CO[C@H](C)C(=O)N[C@@H](Cc1ccc(F)c(-c2nccs2)c1)[C@@H](O)CN[C@H]1CC2(CCC2)Oc2ncc(CC(C)C)cc21. The van der Waals surface area contributed by atoms with Crippen LogP contribution in [0.3, 0.4) is 0 Å². The molecule has 2 aliphatic rings. The molecule has 3 aromatic rings. The van der Waals surface area contributed by atoms with E-state index in [1.54, 1.807) is 30.6 Å². The highest BCUT2D eigenvalue weighted by molar-refractivity contribution is 7.13. The summed E-state index contributed by atoms with van der Waals surface area (Å²) in [5.41, 5.74) is 3.14. The Bertz CT molecular complexity index is 1360. The molecule has 2 aromatic heterocycles. The quantitative estimate of drug-likeness (QED) is 0.270. The molecule has 1 fully saturated rings. The Morgan fingerprint density at radius 1 is 1.21 bits per heavy atom. The second kappa shape index (κ2) is 13.2. The smallest absolute Gasteiger partial charge is 0.249 e. The van der Waals surface area contributed by atoms with E-state index in [0.717, 1.165) is 48.8 Å². The summed E-state index contributed by atoms with van der Waals surface area (Å²) < 4.78 is 26.3. The van der Waals surface area contributed by atoms with E-state index in [1.165, 1.54) is 24.5 Å². The van der Waals surface area contributed by atoms with Crippen molar-refractivity contribution in [3.8, 4) is 16.5 Å². The Morgan fingerprint density at radius 2 is 2.02 bits per heavy atom. The van der Waals surface area contributed by atoms with Crippen molar-refractivity contribution in [1.82, 2.24) is 20.6 Å². The summed E-state index contributed by atoms with van der Waals surface area (Å²) in [5.74, 6) is 0.483. The molecule has 3 heterocycles. The fourth-order valence-corrected chi connectivity index (χ4v) is 6.45. The first-order valence-corrected chi connectivity index (χ1v) is 15.6. The predicted molar refractivity (Wildman–Crippen MR) is 161 cm³/mol. The number of nitrogens with one attached hydrogen (secondary N) is 2. The molecule has 8 nitrogen and oxygen atoms in total. The largest absolute Gasteiger partial charge is 0.471 e. The number of ether oxygens (including phenoxy) is 2. The number of methoxy groups -OCH3 is 1. The first kappa shape index (κ1) is 30.5. The Morgan fingerprint density at radius 3 is 2.69 bits per heavy atom. The molecule has 42 heavy (non-hydrogen) atoms. The molecule has 5 rings (SSSR count). The van der Waals surface area contributed by atoms with Gasteiger partial charge in [-0.3, -0.25) is 4.79 Å². The molecule has 1 amide bonds. The van der Waals surface area contributed by atoms with Crippen LogP contribution in [0.4, 0.5) is 4.39 Å². The Hall–Kier alpha value is -2.92. The fourth-order valence-electron chi connectivity index (χ4n) is 5.79. The Kier molecular flexibility index (Phi) is 9.57. The number of aromatic nitrogens is 2. The maximum atomic E-state index is 14.6. The van der Waals surface area contributed by atoms with Gasteiger partial charge in [0.1, 0.15) is 22.5 Å². The maximum absolute atomic E-state index is 14.6. The van der Waals surface area contributed by atoms with Crippen molar-refractivity contribution in [1.29, 1.82) is 0 Å². The third-order valence-electron chi connectivity index (χ3n) is 8.35. The number of nitrogens with zero attached hydrogens (tertiary/aromatic N) is 2. The molecule has 1 aromatic carbocycles. The van der Waals surface area contributed by atoms with Crippen molar-refractivity contribution in [2.75, 3.05) is 13.7 Å². The first-order valence-electron chi connectivity index (χ1n) is 14.8. The van der Waals surface area contributed by atoms with Gasteiger partial charge in [0.25, 0.3) is 0 Å². The molecule has 0 unspecified atom stereocenters. The van der Waals surface area contributed by atoms with E-state index >= 15 is 0 Å². The van der Waals surface area contributed by atoms with Gasteiger partial charge in [0.15, 0.2) is 0 Å². The van der Waals surface area contributed by atoms with Crippen LogP contribution in [0.15, 0.2) is 42.0 Å². The van der Waals surface area contributed by atoms with Gasteiger partial charge < -0.3 is 25.2 Å². The summed E-state index contributed by atoms with van der Waals surface area (Å²) in [6, 6.07) is 6.33. The van der Waals surface area contributed by atoms with E-state index in [9.17, 15) is 14.3 Å². The van der Waals surface area contributed by atoms with Crippen LogP contribution in [-0.2, 0) is 22.4 Å². The van der Waals surface area contributed by atoms with Crippen LogP contribution < -0.4 is 15.4 Å². The molecular weight excluding hydrogens is 555 g/mol. The van der Waals surface area contributed by atoms with Crippen molar-refractivity contribution in [3.63, 3.8) is 0 Å². The molecule has 1 aliphatic heterocycles. The topological polar surface area (TPSA) is 106 Å². The number of hydrogen-bond acceptors (Lipinski definition) is 8. The highest BCUT2D eigenvalue weighted by atomic mass is 32.1. The fraction of sp³-hybridized carbons (Fsp3) is 0.531. The van der Waals surface area contributed by atoms with Gasteiger partial charge in [0, 0.05) is 55.0 Å². The second-order valence-corrected chi connectivity index (χ2v) is 13.0. The lowest BCUT2D eigenvalue weighted by molar-refractivity contribution is -0.131. The van der Waals surface area contributed by atoms with Crippen LogP contribution in [-0.4, -0.2) is 58.5 Å². The zero-order valence-electron chi connectivity index (χ0n) is 24.7. The maximum Gasteiger partial charge on any atom is 0.249 e. The Labute approximate surface area is 251 Å². The van der Waals surface area contributed by atoms with E-state index in [0.29, 0.717) is 28.8 Å². The van der Waals surface area contributed by atoms with Crippen molar-refractivity contribution in [3.05, 3.63) is 64.5 Å². The number of rotatable bonds is 12. The molecule has 0 radical (unpaired) electrons. The molecule has 1 aliphatic carbocycles. The zero-order valence-corrected chi connectivity index (χ0v) is 25.5. The van der Waals surface area contributed by atoms with E-state index < -0.39 is 18.2 Å². The normalized spacial score (nSPS) is 19.5. The van der Waals surface area contributed by atoms with Crippen molar-refractivity contribution < 1.29 is 23.8 Å². The number of aliphatic hydroxyl groups excluding tert-OH is 1. The van der Waals surface area contributed by atoms with Gasteiger partial charge in [-0.25, -0.2) is 14.4 Å². The summed E-state index contributed by atoms with van der Waals surface area (Å²) in [6.07, 6.45) is 7.07. The minimum absolute atomic E-state index is 0.0418. The Balaban J connectivity index is 1.35. The number of thiazole rings is 1. The lowest BCUT2D eigenvalue weighted by Crippen LogP contribution is -2.53. The van der Waals surface area contributed by atoms with E-state index in [-0.39, 0.29) is 29.9 Å². The summed E-state index contributed by atoms with van der Waals surface area (Å²) in [5, 5.41) is 20.4. The van der Waals surface area contributed by atoms with Gasteiger partial charge in [-0.05, 0) is 74.3 Å². The summed E-state index contributed by atoms with van der Waals surface area (Å²) >= 11 is 1.36. The number of halogens is 1. The van der Waals surface area contributed by atoms with Crippen LogP contribution >= 0.6 is 11.3 Å². The molecule has 0 saturated heterocycles. The predicted octanol–water partition coefficient (Wildman–Crippen LogP) is 5.00. The molecule has 3 N–H and O–H groups in total. The highest BCUT2D eigenvalue weighted by Gasteiger charge is 2.46. The van der Waals surface area contributed by atoms with Gasteiger partial charge in [-0.2, -0.15) is 0 Å². The van der Waals surface area contributed by atoms with Crippen molar-refractivity contribution in [2.24, 2.45) is 5.92 Å². The summed E-state index contributed by atoms with van der Waals surface area (Å²) in [6.45, 7) is 6.27. The molecule has 1 spiro atoms. The minimum Gasteiger partial charge on any atom is -0.471 e. The van der Waals surface area contributed by atoms with Gasteiger partial charge in [-0.15, -0.1) is 11.3 Å². The number of hydrogen-bond donors (Lipinski definition) is 3. The number of carbonyl (C=O) groups is 1. The van der Waals surface area contributed by atoms with Crippen molar-refractivity contribution in [2.45, 2.75) is 89.2 Å². The molecule has 10 heteroatoms. The van der Waals surface area contributed by atoms with Crippen LogP contribution in [0.5, 0.6) is 5.88 Å². The van der Waals surface area contributed by atoms with Crippen LogP contribution in [0, 0.1) is 11.7 Å². The number of aliphatic hydroxyl groups is 1. The van der Waals surface area contributed by atoms with Gasteiger partial charge in [-0.1, -0.05) is 19.9 Å². The van der Waals surface area contributed by atoms with Crippen molar-refractivity contribution >= 4 is 17.2 Å². The van der Waals surface area contributed by atoms with Crippen LogP contribution in [0.25, 0.3) is 10.6 Å². The van der Waals surface area contributed by atoms with E-state index in [1.807, 2.05) is 6.20 Å². The van der Waals surface area contributed by atoms with Crippen LogP contribution in [0.2, 0.25) is 0 Å². The molecule has 1 saturated carbocycles. The average Bonchev–Trinajstić information content (AvgIpc) is 3.49. The third kappa shape index (κ3) is 6.99. The number of amides is 1. The molecule has 226 valence electrons. The average molecular weight is 597 g/mol. The highest BCUT2D eigenvalue weighted by Crippen LogP contribution is 2.48. The first-order chi connectivity index (χ1) is 20.2. The van der Waals surface area contributed by atoms with Gasteiger partial charge >= 0.3 is 0 Å². The molecular formula is C32H41FN4O4S. The van der Waals surface area contributed by atoms with E-state index in [2.05, 4.69) is 35.5 Å². The lowest BCUT2D eigenvalue weighted by Gasteiger charge is -2.47. The van der Waals surface area contributed by atoms with Gasteiger partial charge in [0.05, 0.1) is 12.1 Å². The molecule has 0 bridgehead atoms. The van der Waals surface area contributed by atoms with E-state index in [4.69, 9.17) is 14.5 Å². The van der Waals surface area contributed by atoms with Gasteiger partial charge in [0.2, 0.25) is 11.8 Å². The lowest BCUT2D eigenvalue weighted by atomic mass is 9.73.